The van der Waals surface area contributed by atoms with Crippen LogP contribution in [-0.2, 0) is 6.54 Å². The fraction of sp³-hybridized carbons (Fsp3) is 0.125. The van der Waals surface area contributed by atoms with E-state index in [4.69, 9.17) is 11.5 Å². The van der Waals surface area contributed by atoms with Crippen LogP contribution in [0.5, 0.6) is 0 Å². The second-order valence-electron chi connectivity index (χ2n) is 5.06. The van der Waals surface area contributed by atoms with E-state index in [1.165, 1.54) is 0 Å². The topological polar surface area (TPSA) is 89.8 Å². The van der Waals surface area contributed by atoms with Gasteiger partial charge in [0, 0.05) is 11.4 Å². The van der Waals surface area contributed by atoms with Crippen LogP contribution in [0.15, 0.2) is 42.6 Å². The number of hydrogen-bond donors (Lipinski definition) is 3. The molecular formula is C16H17N5. The smallest absolute Gasteiger partial charge is 0.112 e. The molecule has 0 aliphatic heterocycles. The summed E-state index contributed by atoms with van der Waals surface area (Å²) >= 11 is 0. The van der Waals surface area contributed by atoms with Crippen LogP contribution in [0.2, 0.25) is 0 Å². The van der Waals surface area contributed by atoms with Crippen molar-refractivity contribution in [3.63, 3.8) is 0 Å². The van der Waals surface area contributed by atoms with Gasteiger partial charge < -0.3 is 16.8 Å². The molecule has 0 aliphatic carbocycles. The van der Waals surface area contributed by atoms with Crippen LogP contribution in [-0.4, -0.2) is 9.97 Å². The molecule has 0 saturated heterocycles. The minimum Gasteiger partial charge on any atom is -0.399 e. The number of aryl methyl sites for hydroxylation is 1. The van der Waals surface area contributed by atoms with E-state index >= 15 is 0 Å². The zero-order chi connectivity index (χ0) is 14.8. The van der Waals surface area contributed by atoms with E-state index in [9.17, 15) is 0 Å². The van der Waals surface area contributed by atoms with E-state index in [1.54, 1.807) is 6.20 Å². The molecule has 0 spiro atoms. The summed E-state index contributed by atoms with van der Waals surface area (Å²) in [6.45, 7) is 2.56. The van der Waals surface area contributed by atoms with Gasteiger partial charge >= 0.3 is 0 Å². The first-order valence-electron chi connectivity index (χ1n) is 6.73. The largest absolute Gasteiger partial charge is 0.399 e. The molecule has 2 aromatic carbocycles. The molecule has 21 heavy (non-hydrogen) atoms. The van der Waals surface area contributed by atoms with Crippen LogP contribution in [0.1, 0.15) is 11.3 Å². The van der Waals surface area contributed by atoms with Crippen molar-refractivity contribution in [1.82, 2.24) is 9.97 Å². The average molecular weight is 279 g/mol. The minimum atomic E-state index is 0.569. The number of aromatic nitrogens is 2. The molecule has 3 rings (SSSR count). The quantitative estimate of drug-likeness (QED) is 0.641. The third-order valence-corrected chi connectivity index (χ3v) is 3.23. The van der Waals surface area contributed by atoms with Crippen molar-refractivity contribution in [2.24, 2.45) is 0 Å². The standard InChI is InChI=1S/C16H17N5/c1-10-5-14(18)16-15(6-10)20-9-13(21-16)8-19-12-4-2-3-11(17)7-12/h2-7,9,19H,8,17-18H2,1H3. The van der Waals surface area contributed by atoms with E-state index in [0.29, 0.717) is 12.2 Å². The monoisotopic (exact) mass is 279 g/mol. The molecule has 0 unspecified atom stereocenters. The molecule has 0 saturated carbocycles. The Morgan fingerprint density at radius 2 is 2.00 bits per heavy atom. The second kappa shape index (κ2) is 5.28. The van der Waals surface area contributed by atoms with Gasteiger partial charge in [0.2, 0.25) is 0 Å². The van der Waals surface area contributed by atoms with Gasteiger partial charge in [-0.1, -0.05) is 6.07 Å². The first-order chi connectivity index (χ1) is 10.1. The highest BCUT2D eigenvalue weighted by Gasteiger charge is 2.04. The van der Waals surface area contributed by atoms with Crippen molar-refractivity contribution >= 4 is 28.1 Å². The van der Waals surface area contributed by atoms with Gasteiger partial charge in [-0.2, -0.15) is 0 Å². The number of nitrogen functional groups attached to an aromatic ring is 2. The molecule has 0 bridgehead atoms. The van der Waals surface area contributed by atoms with Crippen molar-refractivity contribution in [1.29, 1.82) is 0 Å². The number of anilines is 3. The van der Waals surface area contributed by atoms with E-state index in [0.717, 1.165) is 33.7 Å². The fourth-order valence-corrected chi connectivity index (χ4v) is 2.25. The molecule has 0 aliphatic rings. The Labute approximate surface area is 123 Å². The lowest BCUT2D eigenvalue weighted by molar-refractivity contribution is 1.04. The Balaban J connectivity index is 1.85. The average Bonchev–Trinajstić information content (AvgIpc) is 2.45. The molecule has 0 fully saturated rings. The van der Waals surface area contributed by atoms with Crippen LogP contribution in [0.25, 0.3) is 11.0 Å². The molecule has 3 aromatic rings. The fourth-order valence-electron chi connectivity index (χ4n) is 2.25. The number of nitrogens with two attached hydrogens (primary N) is 2. The second-order valence-corrected chi connectivity index (χ2v) is 5.06. The van der Waals surface area contributed by atoms with Gasteiger partial charge in [0.25, 0.3) is 0 Å². The highest BCUT2D eigenvalue weighted by molar-refractivity contribution is 5.87. The van der Waals surface area contributed by atoms with Crippen LogP contribution >= 0.6 is 0 Å². The molecule has 0 radical (unpaired) electrons. The van der Waals surface area contributed by atoms with Crippen molar-refractivity contribution < 1.29 is 0 Å². The summed E-state index contributed by atoms with van der Waals surface area (Å²) in [5.74, 6) is 0. The Bertz CT molecular complexity index is 798. The highest BCUT2D eigenvalue weighted by atomic mass is 14.9. The van der Waals surface area contributed by atoms with Gasteiger partial charge in [-0.25, -0.2) is 4.98 Å². The lowest BCUT2D eigenvalue weighted by Crippen LogP contribution is -2.04. The predicted molar refractivity (Wildman–Crippen MR) is 86.9 cm³/mol. The number of fused-ring (bicyclic) bond motifs is 1. The van der Waals surface area contributed by atoms with Crippen molar-refractivity contribution in [2.75, 3.05) is 16.8 Å². The predicted octanol–water partition coefficient (Wildman–Crippen LogP) is 2.71. The van der Waals surface area contributed by atoms with E-state index in [2.05, 4.69) is 15.3 Å². The van der Waals surface area contributed by atoms with Gasteiger partial charge in [-0.3, -0.25) is 4.98 Å². The zero-order valence-corrected chi connectivity index (χ0v) is 11.8. The first-order valence-corrected chi connectivity index (χ1v) is 6.73. The van der Waals surface area contributed by atoms with Gasteiger partial charge in [-0.15, -0.1) is 0 Å². The van der Waals surface area contributed by atoms with Gasteiger partial charge in [0.05, 0.1) is 29.6 Å². The van der Waals surface area contributed by atoms with Gasteiger partial charge in [-0.05, 0) is 42.8 Å². The Hall–Kier alpha value is -2.82. The van der Waals surface area contributed by atoms with E-state index in [1.807, 2.05) is 43.3 Å². The molecule has 5 N–H and O–H groups in total. The van der Waals surface area contributed by atoms with Crippen molar-refractivity contribution in [3.05, 3.63) is 53.9 Å². The molecule has 5 nitrogen and oxygen atoms in total. The number of benzene rings is 2. The maximum Gasteiger partial charge on any atom is 0.112 e. The van der Waals surface area contributed by atoms with Crippen LogP contribution in [0, 0.1) is 6.92 Å². The van der Waals surface area contributed by atoms with E-state index < -0.39 is 0 Å². The number of nitrogens with one attached hydrogen (secondary N) is 1. The Morgan fingerprint density at radius 1 is 1.14 bits per heavy atom. The lowest BCUT2D eigenvalue weighted by atomic mass is 10.2. The maximum atomic E-state index is 6.01. The zero-order valence-electron chi connectivity index (χ0n) is 11.8. The Kier molecular flexibility index (Phi) is 3.31. The summed E-state index contributed by atoms with van der Waals surface area (Å²) in [5, 5.41) is 3.27. The highest BCUT2D eigenvalue weighted by Crippen LogP contribution is 2.20. The maximum absolute atomic E-state index is 6.01. The molecule has 106 valence electrons. The van der Waals surface area contributed by atoms with Gasteiger partial charge in [0.15, 0.2) is 0 Å². The van der Waals surface area contributed by atoms with Gasteiger partial charge in [0.1, 0.15) is 5.52 Å². The minimum absolute atomic E-state index is 0.569. The van der Waals surface area contributed by atoms with Crippen LogP contribution in [0.4, 0.5) is 17.1 Å². The third kappa shape index (κ3) is 2.86. The first kappa shape index (κ1) is 13.2. The molecule has 1 heterocycles. The molecule has 5 heteroatoms. The van der Waals surface area contributed by atoms with Crippen molar-refractivity contribution in [2.45, 2.75) is 13.5 Å². The molecule has 1 aromatic heterocycles. The normalized spacial score (nSPS) is 10.7. The van der Waals surface area contributed by atoms with Crippen LogP contribution < -0.4 is 16.8 Å². The number of hydrogen-bond acceptors (Lipinski definition) is 5. The summed E-state index contributed by atoms with van der Waals surface area (Å²) in [7, 11) is 0. The summed E-state index contributed by atoms with van der Waals surface area (Å²) in [4.78, 5) is 9.00. The third-order valence-electron chi connectivity index (χ3n) is 3.23. The molecular weight excluding hydrogens is 262 g/mol. The van der Waals surface area contributed by atoms with Crippen LogP contribution in [0.3, 0.4) is 0 Å². The van der Waals surface area contributed by atoms with E-state index in [-0.39, 0.29) is 0 Å². The summed E-state index contributed by atoms with van der Waals surface area (Å²) in [5.41, 5.74) is 17.6. The summed E-state index contributed by atoms with van der Waals surface area (Å²) in [6, 6.07) is 11.5. The van der Waals surface area contributed by atoms with Crippen molar-refractivity contribution in [3.8, 4) is 0 Å². The number of rotatable bonds is 3. The number of nitrogens with zero attached hydrogens (tertiary/aromatic N) is 2. The Morgan fingerprint density at radius 3 is 2.81 bits per heavy atom. The summed E-state index contributed by atoms with van der Waals surface area (Å²) < 4.78 is 0. The SMILES string of the molecule is Cc1cc(N)c2nc(CNc3cccc(N)c3)cnc2c1. The molecule has 0 amide bonds. The molecule has 0 atom stereocenters. The lowest BCUT2D eigenvalue weighted by Gasteiger charge is -2.08. The summed E-state index contributed by atoms with van der Waals surface area (Å²) in [6.07, 6.45) is 1.76.